The Hall–Kier alpha value is -2.82. The Balaban J connectivity index is 1.67. The summed E-state index contributed by atoms with van der Waals surface area (Å²) < 4.78 is 7.29. The van der Waals surface area contributed by atoms with Gasteiger partial charge in [-0.2, -0.15) is 0 Å². The molecular weight excluding hydrogens is 302 g/mol. The van der Waals surface area contributed by atoms with Gasteiger partial charge in [0.25, 0.3) is 5.91 Å². The van der Waals surface area contributed by atoms with Crippen LogP contribution in [0, 0.1) is 0 Å². The van der Waals surface area contributed by atoms with Crippen LogP contribution in [0.4, 0.5) is 0 Å². The van der Waals surface area contributed by atoms with Gasteiger partial charge in [0, 0.05) is 36.4 Å². The molecule has 0 aliphatic rings. The molecule has 1 N–H and O–H groups in total. The highest BCUT2D eigenvalue weighted by Gasteiger charge is 2.10. The molecule has 0 unspecified atom stereocenters. The molecule has 0 aliphatic carbocycles. The Kier molecular flexibility index (Phi) is 4.79. The lowest BCUT2D eigenvalue weighted by Gasteiger charge is -2.06. The van der Waals surface area contributed by atoms with Gasteiger partial charge >= 0.3 is 0 Å². The summed E-state index contributed by atoms with van der Waals surface area (Å²) in [4.78, 5) is 16.7. The lowest BCUT2D eigenvalue weighted by Crippen LogP contribution is -2.25. The Morgan fingerprint density at radius 1 is 1.29 bits per heavy atom. The fraction of sp³-hybridized carbons (Fsp3) is 0.263. The van der Waals surface area contributed by atoms with Gasteiger partial charge in [-0.25, -0.2) is 4.98 Å². The first-order chi connectivity index (χ1) is 11.7. The van der Waals surface area contributed by atoms with Crippen LogP contribution >= 0.6 is 0 Å². The van der Waals surface area contributed by atoms with Gasteiger partial charge < -0.3 is 14.6 Å². The van der Waals surface area contributed by atoms with Crippen LogP contribution in [0.2, 0.25) is 0 Å². The molecule has 0 aliphatic heterocycles. The number of methoxy groups -OCH3 is 1. The highest BCUT2D eigenvalue weighted by molar-refractivity contribution is 5.94. The monoisotopic (exact) mass is 323 g/mol. The van der Waals surface area contributed by atoms with E-state index in [2.05, 4.69) is 34.1 Å². The smallest absolute Gasteiger partial charge is 0.251 e. The van der Waals surface area contributed by atoms with Gasteiger partial charge in [-0.3, -0.25) is 4.79 Å². The molecule has 1 amide bonds. The summed E-state index contributed by atoms with van der Waals surface area (Å²) in [6.07, 6.45) is 4.70. The average molecular weight is 323 g/mol. The number of ether oxygens (including phenoxy) is 1. The summed E-state index contributed by atoms with van der Waals surface area (Å²) >= 11 is 0. The maximum atomic E-state index is 12.2. The van der Waals surface area contributed by atoms with Crippen molar-refractivity contribution in [2.45, 2.75) is 19.9 Å². The number of carbonyl (C=O) groups is 1. The molecule has 124 valence electrons. The van der Waals surface area contributed by atoms with Crippen molar-refractivity contribution in [1.29, 1.82) is 0 Å². The van der Waals surface area contributed by atoms with Gasteiger partial charge in [0.1, 0.15) is 11.4 Å². The van der Waals surface area contributed by atoms with Gasteiger partial charge in [-0.15, -0.1) is 0 Å². The van der Waals surface area contributed by atoms with E-state index in [1.54, 1.807) is 19.2 Å². The lowest BCUT2D eigenvalue weighted by atomic mass is 10.1. The summed E-state index contributed by atoms with van der Waals surface area (Å²) in [6.45, 7) is 3.56. The Morgan fingerprint density at radius 3 is 2.96 bits per heavy atom. The predicted octanol–water partition coefficient (Wildman–Crippen LogP) is 3.04. The number of carbonyl (C=O) groups excluding carboxylic acids is 1. The largest absolute Gasteiger partial charge is 0.497 e. The van der Waals surface area contributed by atoms with Crippen LogP contribution < -0.4 is 10.1 Å². The number of pyridine rings is 1. The molecule has 1 aromatic carbocycles. The number of rotatable bonds is 6. The van der Waals surface area contributed by atoms with Crippen LogP contribution in [0.25, 0.3) is 11.0 Å². The standard InChI is InChI=1S/C19H21N3O2/c1-3-22-13-15(17-8-5-10-20-18(17)22)9-11-21-19(23)14-6-4-7-16(12-14)24-2/h4-8,10,12-13H,3,9,11H2,1-2H3,(H,21,23). The second-order valence-corrected chi connectivity index (χ2v) is 5.55. The maximum absolute atomic E-state index is 12.2. The van der Waals surface area contributed by atoms with Crippen LogP contribution in [0.5, 0.6) is 5.75 Å². The van der Waals surface area contributed by atoms with E-state index < -0.39 is 0 Å². The molecule has 24 heavy (non-hydrogen) atoms. The van der Waals surface area contributed by atoms with E-state index in [9.17, 15) is 4.79 Å². The molecule has 0 saturated carbocycles. The Bertz CT molecular complexity index is 855. The fourth-order valence-electron chi connectivity index (χ4n) is 2.81. The summed E-state index contributed by atoms with van der Waals surface area (Å²) in [5.41, 5.74) is 2.80. The van der Waals surface area contributed by atoms with Gasteiger partial charge in [0.2, 0.25) is 0 Å². The third kappa shape index (κ3) is 3.25. The molecule has 2 aromatic heterocycles. The molecule has 3 rings (SSSR count). The highest BCUT2D eigenvalue weighted by Crippen LogP contribution is 2.19. The quantitative estimate of drug-likeness (QED) is 0.758. The number of nitrogens with one attached hydrogen (secondary N) is 1. The lowest BCUT2D eigenvalue weighted by molar-refractivity contribution is 0.0954. The third-order valence-corrected chi connectivity index (χ3v) is 4.07. The topological polar surface area (TPSA) is 56.2 Å². The predicted molar refractivity (Wildman–Crippen MR) is 94.4 cm³/mol. The van der Waals surface area contributed by atoms with Crippen molar-refractivity contribution in [2.75, 3.05) is 13.7 Å². The fourth-order valence-corrected chi connectivity index (χ4v) is 2.81. The summed E-state index contributed by atoms with van der Waals surface area (Å²) in [7, 11) is 1.59. The minimum atomic E-state index is -0.0914. The van der Waals surface area contributed by atoms with Crippen molar-refractivity contribution in [3.05, 3.63) is 59.9 Å². The van der Waals surface area contributed by atoms with Gasteiger partial charge in [-0.05, 0) is 49.2 Å². The minimum Gasteiger partial charge on any atom is -0.497 e. The summed E-state index contributed by atoms with van der Waals surface area (Å²) in [5.74, 6) is 0.589. The molecule has 2 heterocycles. The third-order valence-electron chi connectivity index (χ3n) is 4.07. The maximum Gasteiger partial charge on any atom is 0.251 e. The first-order valence-electron chi connectivity index (χ1n) is 8.08. The van der Waals surface area contributed by atoms with E-state index in [-0.39, 0.29) is 5.91 Å². The van der Waals surface area contributed by atoms with Crippen LogP contribution in [0.15, 0.2) is 48.8 Å². The number of hydrogen-bond donors (Lipinski definition) is 1. The molecule has 0 bridgehead atoms. The molecule has 0 fully saturated rings. The average Bonchev–Trinajstić information content (AvgIpc) is 3.00. The van der Waals surface area contributed by atoms with E-state index in [1.807, 2.05) is 24.4 Å². The van der Waals surface area contributed by atoms with Crippen molar-refractivity contribution in [2.24, 2.45) is 0 Å². The van der Waals surface area contributed by atoms with Crippen molar-refractivity contribution < 1.29 is 9.53 Å². The zero-order valence-corrected chi connectivity index (χ0v) is 14.0. The first-order valence-corrected chi connectivity index (χ1v) is 8.08. The Morgan fingerprint density at radius 2 is 2.17 bits per heavy atom. The molecule has 5 nitrogen and oxygen atoms in total. The number of amides is 1. The highest BCUT2D eigenvalue weighted by atomic mass is 16.5. The van der Waals surface area contributed by atoms with E-state index >= 15 is 0 Å². The minimum absolute atomic E-state index is 0.0914. The van der Waals surface area contributed by atoms with E-state index in [4.69, 9.17) is 4.74 Å². The van der Waals surface area contributed by atoms with E-state index in [0.717, 1.165) is 24.0 Å². The van der Waals surface area contributed by atoms with Crippen LogP contribution in [0.3, 0.4) is 0 Å². The van der Waals surface area contributed by atoms with Crippen LogP contribution in [-0.2, 0) is 13.0 Å². The first kappa shape index (κ1) is 16.1. The number of nitrogens with zero attached hydrogens (tertiary/aromatic N) is 2. The van der Waals surface area contributed by atoms with Crippen molar-refractivity contribution in [1.82, 2.24) is 14.9 Å². The molecule has 0 saturated heterocycles. The normalized spacial score (nSPS) is 10.8. The molecular formula is C19H21N3O2. The molecule has 0 atom stereocenters. The van der Waals surface area contributed by atoms with Crippen molar-refractivity contribution >= 4 is 16.9 Å². The SMILES string of the molecule is CCn1cc(CCNC(=O)c2cccc(OC)c2)c2cccnc21. The van der Waals surface area contributed by atoms with Crippen LogP contribution in [-0.4, -0.2) is 29.1 Å². The van der Waals surface area contributed by atoms with Gasteiger partial charge in [0.15, 0.2) is 0 Å². The van der Waals surface area contributed by atoms with Crippen molar-refractivity contribution in [3.63, 3.8) is 0 Å². The Labute approximate surface area is 141 Å². The zero-order valence-electron chi connectivity index (χ0n) is 14.0. The second-order valence-electron chi connectivity index (χ2n) is 5.55. The number of hydrogen-bond acceptors (Lipinski definition) is 3. The molecule has 3 aromatic rings. The van der Waals surface area contributed by atoms with Crippen molar-refractivity contribution in [3.8, 4) is 5.75 Å². The zero-order chi connectivity index (χ0) is 16.9. The van der Waals surface area contributed by atoms with Gasteiger partial charge in [-0.1, -0.05) is 6.07 Å². The van der Waals surface area contributed by atoms with E-state index in [1.165, 1.54) is 5.56 Å². The second kappa shape index (κ2) is 7.17. The summed E-state index contributed by atoms with van der Waals surface area (Å²) in [5, 5.41) is 4.11. The molecule has 0 radical (unpaired) electrons. The molecule has 0 spiro atoms. The van der Waals surface area contributed by atoms with Crippen LogP contribution in [0.1, 0.15) is 22.8 Å². The summed E-state index contributed by atoms with van der Waals surface area (Å²) in [6, 6.07) is 11.2. The molecule has 5 heteroatoms. The van der Waals surface area contributed by atoms with Gasteiger partial charge in [0.05, 0.1) is 7.11 Å². The number of benzene rings is 1. The number of fused-ring (bicyclic) bond motifs is 1. The van der Waals surface area contributed by atoms with E-state index in [0.29, 0.717) is 17.9 Å². The number of aryl methyl sites for hydroxylation is 1. The number of aromatic nitrogens is 2.